The summed E-state index contributed by atoms with van der Waals surface area (Å²) in [6, 6.07) is 1.86. The van der Waals surface area contributed by atoms with Gasteiger partial charge in [-0.1, -0.05) is 19.3 Å². The minimum atomic E-state index is -4.51. The molecule has 1 aromatic rings. The zero-order valence-electron chi connectivity index (χ0n) is 10.9. The second-order valence-electron chi connectivity index (χ2n) is 5.15. The van der Waals surface area contributed by atoms with Crippen LogP contribution in [-0.2, 0) is 6.18 Å². The predicted octanol–water partition coefficient (Wildman–Crippen LogP) is 3.95. The molecule has 0 saturated heterocycles. The number of nitrogens with one attached hydrogen (secondary N) is 1. The SMILES string of the molecule is OC1CCCCCC1Nc1cc(C(F)(F)F)ccc1F. The molecule has 0 heterocycles. The number of rotatable bonds is 2. The van der Waals surface area contributed by atoms with E-state index in [4.69, 9.17) is 0 Å². The van der Waals surface area contributed by atoms with E-state index in [2.05, 4.69) is 5.32 Å². The van der Waals surface area contributed by atoms with Crippen molar-refractivity contribution in [1.29, 1.82) is 0 Å². The molecule has 112 valence electrons. The standard InChI is InChI=1S/C14H17F4NO/c15-10-7-6-9(14(16,17)18)8-12(10)19-11-4-2-1-3-5-13(11)20/h6-8,11,13,19-20H,1-5H2. The van der Waals surface area contributed by atoms with E-state index in [-0.39, 0.29) is 5.69 Å². The normalized spacial score (nSPS) is 24.2. The van der Waals surface area contributed by atoms with Gasteiger partial charge in [0.25, 0.3) is 0 Å². The van der Waals surface area contributed by atoms with Gasteiger partial charge >= 0.3 is 6.18 Å². The van der Waals surface area contributed by atoms with E-state index in [0.29, 0.717) is 18.9 Å². The topological polar surface area (TPSA) is 32.3 Å². The lowest BCUT2D eigenvalue weighted by molar-refractivity contribution is -0.137. The lowest BCUT2D eigenvalue weighted by Crippen LogP contribution is -2.32. The summed E-state index contributed by atoms with van der Waals surface area (Å²) in [6.45, 7) is 0. The molecule has 2 rings (SSSR count). The molecule has 1 fully saturated rings. The van der Waals surface area contributed by atoms with Crippen molar-refractivity contribution in [2.45, 2.75) is 50.4 Å². The first kappa shape index (κ1) is 15.1. The van der Waals surface area contributed by atoms with Gasteiger partial charge in [-0.2, -0.15) is 13.2 Å². The maximum atomic E-state index is 13.6. The van der Waals surface area contributed by atoms with Crippen LogP contribution >= 0.6 is 0 Å². The Kier molecular flexibility index (Phi) is 4.52. The van der Waals surface area contributed by atoms with Crippen LogP contribution in [0.1, 0.15) is 37.7 Å². The summed E-state index contributed by atoms with van der Waals surface area (Å²) in [5.41, 5.74) is -1.10. The van der Waals surface area contributed by atoms with Crippen LogP contribution in [0.4, 0.5) is 23.2 Å². The average Bonchev–Trinajstić information content (AvgIpc) is 2.56. The monoisotopic (exact) mass is 291 g/mol. The maximum absolute atomic E-state index is 13.6. The van der Waals surface area contributed by atoms with Crippen LogP contribution in [0.25, 0.3) is 0 Å². The van der Waals surface area contributed by atoms with Crippen LogP contribution < -0.4 is 5.32 Å². The molecular weight excluding hydrogens is 274 g/mol. The molecule has 0 spiro atoms. The third-order valence-corrected chi connectivity index (χ3v) is 3.61. The van der Waals surface area contributed by atoms with Crippen LogP contribution in [0.15, 0.2) is 18.2 Å². The lowest BCUT2D eigenvalue weighted by atomic mass is 10.1. The highest BCUT2D eigenvalue weighted by atomic mass is 19.4. The molecule has 1 aromatic carbocycles. The fraction of sp³-hybridized carbons (Fsp3) is 0.571. The van der Waals surface area contributed by atoms with Crippen molar-refractivity contribution >= 4 is 5.69 Å². The Bertz CT molecular complexity index is 461. The second-order valence-corrected chi connectivity index (χ2v) is 5.15. The molecule has 2 unspecified atom stereocenters. The molecule has 0 aliphatic heterocycles. The Labute approximate surface area is 114 Å². The Morgan fingerprint density at radius 1 is 1.10 bits per heavy atom. The van der Waals surface area contributed by atoms with Crippen molar-refractivity contribution in [3.05, 3.63) is 29.6 Å². The number of halogens is 4. The first-order valence-corrected chi connectivity index (χ1v) is 6.69. The molecule has 0 aromatic heterocycles. The van der Waals surface area contributed by atoms with Crippen molar-refractivity contribution in [2.75, 3.05) is 5.32 Å². The van der Waals surface area contributed by atoms with Crippen LogP contribution in [0, 0.1) is 5.82 Å². The van der Waals surface area contributed by atoms with Crippen molar-refractivity contribution in [3.8, 4) is 0 Å². The first-order chi connectivity index (χ1) is 9.38. The summed E-state index contributed by atoms with van der Waals surface area (Å²) >= 11 is 0. The van der Waals surface area contributed by atoms with Crippen molar-refractivity contribution in [2.24, 2.45) is 0 Å². The summed E-state index contributed by atoms with van der Waals surface area (Å²) in [6.07, 6.45) is -1.24. The second kappa shape index (κ2) is 5.99. The Morgan fingerprint density at radius 3 is 2.50 bits per heavy atom. The molecule has 0 radical (unpaired) electrons. The van der Waals surface area contributed by atoms with Crippen LogP contribution in [0.2, 0.25) is 0 Å². The van der Waals surface area contributed by atoms with E-state index in [1.807, 2.05) is 0 Å². The highest BCUT2D eigenvalue weighted by molar-refractivity contribution is 5.49. The van der Waals surface area contributed by atoms with Gasteiger partial charge in [-0.3, -0.25) is 0 Å². The van der Waals surface area contributed by atoms with Crippen molar-refractivity contribution in [1.82, 2.24) is 0 Å². The minimum Gasteiger partial charge on any atom is -0.391 e. The van der Waals surface area contributed by atoms with Gasteiger partial charge in [-0.05, 0) is 31.0 Å². The van der Waals surface area contributed by atoms with Crippen LogP contribution in [0.3, 0.4) is 0 Å². The van der Waals surface area contributed by atoms with Gasteiger partial charge in [0.15, 0.2) is 0 Å². The first-order valence-electron chi connectivity index (χ1n) is 6.69. The Morgan fingerprint density at radius 2 is 1.80 bits per heavy atom. The van der Waals surface area contributed by atoms with E-state index in [9.17, 15) is 22.7 Å². The summed E-state index contributed by atoms with van der Waals surface area (Å²) < 4.78 is 51.5. The van der Waals surface area contributed by atoms with Crippen LogP contribution in [-0.4, -0.2) is 17.3 Å². The molecule has 1 aliphatic carbocycles. The molecule has 2 atom stereocenters. The summed E-state index contributed by atoms with van der Waals surface area (Å²) in [7, 11) is 0. The summed E-state index contributed by atoms with van der Waals surface area (Å²) in [4.78, 5) is 0. The van der Waals surface area contributed by atoms with E-state index < -0.39 is 29.7 Å². The van der Waals surface area contributed by atoms with Crippen molar-refractivity contribution < 1.29 is 22.7 Å². The Balaban J connectivity index is 2.19. The van der Waals surface area contributed by atoms with E-state index in [0.717, 1.165) is 31.4 Å². The number of anilines is 1. The third-order valence-electron chi connectivity index (χ3n) is 3.61. The maximum Gasteiger partial charge on any atom is 0.416 e. The quantitative estimate of drug-likeness (QED) is 0.639. The van der Waals surface area contributed by atoms with Gasteiger partial charge in [0.05, 0.1) is 23.4 Å². The lowest BCUT2D eigenvalue weighted by Gasteiger charge is -2.23. The van der Waals surface area contributed by atoms with Gasteiger partial charge in [0.1, 0.15) is 5.82 Å². The molecule has 0 bridgehead atoms. The number of aliphatic hydroxyl groups is 1. The fourth-order valence-electron chi connectivity index (χ4n) is 2.47. The van der Waals surface area contributed by atoms with E-state index in [1.54, 1.807) is 0 Å². The fourth-order valence-corrected chi connectivity index (χ4v) is 2.47. The van der Waals surface area contributed by atoms with Crippen molar-refractivity contribution in [3.63, 3.8) is 0 Å². The van der Waals surface area contributed by atoms with Gasteiger partial charge in [-0.25, -0.2) is 4.39 Å². The molecule has 2 nitrogen and oxygen atoms in total. The minimum absolute atomic E-state index is 0.203. The number of aliphatic hydroxyl groups excluding tert-OH is 1. The summed E-state index contributed by atoms with van der Waals surface area (Å²) in [5, 5.41) is 12.6. The molecule has 0 amide bonds. The Hall–Kier alpha value is -1.30. The summed E-state index contributed by atoms with van der Waals surface area (Å²) in [5.74, 6) is -0.741. The average molecular weight is 291 g/mol. The van der Waals surface area contributed by atoms with Gasteiger partial charge < -0.3 is 10.4 Å². The molecule has 1 aliphatic rings. The molecular formula is C14H17F4NO. The smallest absolute Gasteiger partial charge is 0.391 e. The van der Waals surface area contributed by atoms with E-state index >= 15 is 0 Å². The van der Waals surface area contributed by atoms with Gasteiger partial charge in [0.2, 0.25) is 0 Å². The van der Waals surface area contributed by atoms with Crippen LogP contribution in [0.5, 0.6) is 0 Å². The third kappa shape index (κ3) is 3.62. The molecule has 1 saturated carbocycles. The van der Waals surface area contributed by atoms with Gasteiger partial charge in [-0.15, -0.1) is 0 Å². The number of hydrogen-bond donors (Lipinski definition) is 2. The van der Waals surface area contributed by atoms with Gasteiger partial charge in [0, 0.05) is 0 Å². The highest BCUT2D eigenvalue weighted by Gasteiger charge is 2.31. The largest absolute Gasteiger partial charge is 0.416 e. The zero-order chi connectivity index (χ0) is 14.8. The van der Waals surface area contributed by atoms with E-state index in [1.165, 1.54) is 0 Å². The molecule has 2 N–H and O–H groups in total. The predicted molar refractivity (Wildman–Crippen MR) is 67.9 cm³/mol. The number of alkyl halides is 3. The number of hydrogen-bond acceptors (Lipinski definition) is 2. The molecule has 20 heavy (non-hydrogen) atoms. The molecule has 6 heteroatoms. The number of benzene rings is 1. The zero-order valence-corrected chi connectivity index (χ0v) is 10.9. The highest BCUT2D eigenvalue weighted by Crippen LogP contribution is 2.32.